The molecule has 60 valence electrons. The minimum atomic E-state index is 0.691. The van der Waals surface area contributed by atoms with E-state index in [0.29, 0.717) is 5.02 Å². The van der Waals surface area contributed by atoms with E-state index in [9.17, 15) is 0 Å². The van der Waals surface area contributed by atoms with Crippen LogP contribution in [0.3, 0.4) is 0 Å². The van der Waals surface area contributed by atoms with Crippen molar-refractivity contribution in [3.05, 3.63) is 51.5 Å². The lowest BCUT2D eigenvalue weighted by atomic mass is 10.2. The molecule has 1 aromatic carbocycles. The molecule has 0 radical (unpaired) electrons. The third-order valence-corrected chi connectivity index (χ3v) is 1.51. The molecule has 0 aliphatic heterocycles. The molecule has 0 atom stereocenters. The highest BCUT2D eigenvalue weighted by Gasteiger charge is 1.85. The molecule has 0 N–H and O–H groups in total. The summed E-state index contributed by atoms with van der Waals surface area (Å²) in [5, 5.41) is 3.95. The van der Waals surface area contributed by atoms with Gasteiger partial charge in [0.05, 0.1) is 0 Å². The molecule has 0 unspecified atom stereocenters. The van der Waals surface area contributed by atoms with Gasteiger partial charge in [0.15, 0.2) is 0 Å². The third kappa shape index (κ3) is 2.66. The molecule has 0 aliphatic rings. The van der Waals surface area contributed by atoms with E-state index in [-0.39, 0.29) is 0 Å². The number of rotatable bonds is 2. The summed E-state index contributed by atoms with van der Waals surface area (Å²) < 4.78 is 0. The molecule has 1 rings (SSSR count). The maximum absolute atomic E-state index is 7.97. The lowest BCUT2D eigenvalue weighted by molar-refractivity contribution is 1.52. The van der Waals surface area contributed by atoms with Gasteiger partial charge in [0.25, 0.3) is 0 Å². The van der Waals surface area contributed by atoms with Crippen LogP contribution < -0.4 is 0 Å². The van der Waals surface area contributed by atoms with Crippen molar-refractivity contribution in [2.75, 3.05) is 0 Å². The summed E-state index contributed by atoms with van der Waals surface area (Å²) >= 11 is 5.67. The van der Waals surface area contributed by atoms with Gasteiger partial charge in [0.1, 0.15) is 0 Å². The number of nitrogens with zero attached hydrogens (tertiary/aromatic N) is 3. The predicted octanol–water partition coefficient (Wildman–Crippen LogP) is 3.62. The summed E-state index contributed by atoms with van der Waals surface area (Å²) in [7, 11) is 0. The van der Waals surface area contributed by atoms with Crippen LogP contribution in [-0.2, 0) is 0 Å². The van der Waals surface area contributed by atoms with Crippen LogP contribution in [0.5, 0.6) is 0 Å². The maximum Gasteiger partial charge on any atom is 0.0406 e. The fourth-order valence-corrected chi connectivity index (χ4v) is 0.849. The molecule has 3 nitrogen and oxygen atoms in total. The number of azide groups is 1. The van der Waals surface area contributed by atoms with Gasteiger partial charge in [-0.15, -0.1) is 0 Å². The number of hydrogen-bond acceptors (Lipinski definition) is 1. The Balaban J connectivity index is 2.77. The van der Waals surface area contributed by atoms with Crippen LogP contribution in [0, 0.1) is 0 Å². The summed E-state index contributed by atoms with van der Waals surface area (Å²) in [4.78, 5) is 2.58. The summed E-state index contributed by atoms with van der Waals surface area (Å²) in [6.07, 6.45) is 3.10. The van der Waals surface area contributed by atoms with Crippen LogP contribution in [0.15, 0.2) is 35.6 Å². The average molecular weight is 180 g/mol. The van der Waals surface area contributed by atoms with E-state index in [0.717, 1.165) is 5.56 Å². The van der Waals surface area contributed by atoms with E-state index in [1.165, 1.54) is 6.20 Å². The predicted molar refractivity (Wildman–Crippen MR) is 49.6 cm³/mol. The van der Waals surface area contributed by atoms with Crippen molar-refractivity contribution in [2.45, 2.75) is 0 Å². The quantitative estimate of drug-likeness (QED) is 0.378. The Morgan fingerprint density at radius 2 is 2.00 bits per heavy atom. The van der Waals surface area contributed by atoms with Crippen LogP contribution in [0.25, 0.3) is 16.5 Å². The van der Waals surface area contributed by atoms with Crippen molar-refractivity contribution < 1.29 is 0 Å². The second-order valence-corrected chi connectivity index (χ2v) is 2.51. The van der Waals surface area contributed by atoms with Crippen molar-refractivity contribution in [3.8, 4) is 0 Å². The van der Waals surface area contributed by atoms with Gasteiger partial charge in [0.2, 0.25) is 0 Å². The fourth-order valence-electron chi connectivity index (χ4n) is 0.723. The van der Waals surface area contributed by atoms with Crippen LogP contribution >= 0.6 is 11.6 Å². The summed E-state index contributed by atoms with van der Waals surface area (Å²) in [6.45, 7) is 0. The molecule has 0 heterocycles. The second-order valence-electron chi connectivity index (χ2n) is 2.07. The molecule has 1 aromatic rings. The molecule has 0 spiro atoms. The summed E-state index contributed by atoms with van der Waals surface area (Å²) in [5.74, 6) is 0. The summed E-state index contributed by atoms with van der Waals surface area (Å²) in [6, 6.07) is 7.23. The van der Waals surface area contributed by atoms with Gasteiger partial charge in [-0.3, -0.25) is 0 Å². The average Bonchev–Trinajstić information content (AvgIpc) is 2.09. The Kier molecular flexibility index (Phi) is 3.20. The topological polar surface area (TPSA) is 48.8 Å². The first-order valence-electron chi connectivity index (χ1n) is 3.29. The smallest absolute Gasteiger partial charge is 0.0406 e. The first kappa shape index (κ1) is 8.65. The largest absolute Gasteiger partial charge is 0.0843 e. The maximum atomic E-state index is 7.97. The zero-order chi connectivity index (χ0) is 8.81. The highest BCUT2D eigenvalue weighted by atomic mass is 35.5. The minimum absolute atomic E-state index is 0.691. The fraction of sp³-hybridized carbons (Fsp3) is 0. The lowest BCUT2D eigenvalue weighted by Crippen LogP contribution is -1.68. The third-order valence-electron chi connectivity index (χ3n) is 1.26. The Hall–Kier alpha value is -1.44. The molecule has 0 aromatic heterocycles. The van der Waals surface area contributed by atoms with E-state index >= 15 is 0 Å². The van der Waals surface area contributed by atoms with Gasteiger partial charge in [-0.05, 0) is 23.2 Å². The first-order valence-corrected chi connectivity index (χ1v) is 3.67. The zero-order valence-corrected chi connectivity index (χ0v) is 6.94. The molecule has 0 aliphatic carbocycles. The molecule has 0 saturated carbocycles. The van der Waals surface area contributed by atoms with Gasteiger partial charge in [0, 0.05) is 16.1 Å². The highest BCUT2D eigenvalue weighted by Crippen LogP contribution is 2.10. The van der Waals surface area contributed by atoms with E-state index in [2.05, 4.69) is 10.0 Å². The van der Waals surface area contributed by atoms with Crippen molar-refractivity contribution in [1.82, 2.24) is 0 Å². The van der Waals surface area contributed by atoms with Gasteiger partial charge < -0.3 is 0 Å². The Morgan fingerprint density at radius 3 is 2.58 bits per heavy atom. The van der Waals surface area contributed by atoms with Crippen molar-refractivity contribution in [3.63, 3.8) is 0 Å². The molecular formula is C8H6ClN3. The SMILES string of the molecule is [N-]=[N+]=NC=Cc1ccc(Cl)cc1. The van der Waals surface area contributed by atoms with Gasteiger partial charge in [-0.1, -0.05) is 34.9 Å². The van der Waals surface area contributed by atoms with E-state index in [1.54, 1.807) is 18.2 Å². The Morgan fingerprint density at radius 1 is 1.33 bits per heavy atom. The van der Waals surface area contributed by atoms with Crippen molar-refractivity contribution in [2.24, 2.45) is 5.11 Å². The Bertz CT molecular complexity index is 323. The van der Waals surface area contributed by atoms with Crippen LogP contribution in [-0.4, -0.2) is 0 Å². The van der Waals surface area contributed by atoms with Crippen molar-refractivity contribution in [1.29, 1.82) is 0 Å². The number of benzene rings is 1. The normalized spacial score (nSPS) is 9.75. The molecule has 0 saturated heterocycles. The molecule has 0 fully saturated rings. The molecule has 12 heavy (non-hydrogen) atoms. The standard InChI is InChI=1S/C8H6ClN3/c9-8-3-1-7(2-4-8)5-6-11-12-10/h1-6H. The van der Waals surface area contributed by atoms with Crippen LogP contribution in [0.1, 0.15) is 5.56 Å². The van der Waals surface area contributed by atoms with E-state index in [4.69, 9.17) is 17.1 Å². The van der Waals surface area contributed by atoms with Crippen LogP contribution in [0.4, 0.5) is 0 Å². The van der Waals surface area contributed by atoms with Crippen LogP contribution in [0.2, 0.25) is 5.02 Å². The Labute approximate surface area is 74.9 Å². The molecule has 0 amide bonds. The first-order chi connectivity index (χ1) is 5.83. The lowest BCUT2D eigenvalue weighted by Gasteiger charge is -1.90. The second kappa shape index (κ2) is 4.44. The highest BCUT2D eigenvalue weighted by molar-refractivity contribution is 6.30. The molecule has 4 heteroatoms. The molecular weight excluding hydrogens is 174 g/mol. The number of hydrogen-bond donors (Lipinski definition) is 0. The monoisotopic (exact) mass is 179 g/mol. The van der Waals surface area contributed by atoms with Crippen molar-refractivity contribution >= 4 is 17.7 Å². The minimum Gasteiger partial charge on any atom is -0.0843 e. The van der Waals surface area contributed by atoms with E-state index in [1.807, 2.05) is 12.1 Å². The van der Waals surface area contributed by atoms with Gasteiger partial charge in [-0.2, -0.15) is 0 Å². The van der Waals surface area contributed by atoms with Gasteiger partial charge >= 0.3 is 0 Å². The summed E-state index contributed by atoms with van der Waals surface area (Å²) in [5.41, 5.74) is 8.93. The zero-order valence-electron chi connectivity index (χ0n) is 6.18. The number of halogens is 1. The van der Waals surface area contributed by atoms with Gasteiger partial charge in [-0.25, -0.2) is 0 Å². The molecule has 0 bridgehead atoms. The van der Waals surface area contributed by atoms with E-state index < -0.39 is 0 Å².